The Balaban J connectivity index is 1.54. The van der Waals surface area contributed by atoms with Crippen LogP contribution in [0.2, 0.25) is 0 Å². The molecule has 1 aliphatic rings. The highest BCUT2D eigenvalue weighted by Gasteiger charge is 2.32. The number of hydrogen-bond donors (Lipinski definition) is 1. The number of aryl methyl sites for hydroxylation is 1. The molecule has 2 aromatic heterocycles. The summed E-state index contributed by atoms with van der Waals surface area (Å²) in [4.78, 5) is 28.6. The summed E-state index contributed by atoms with van der Waals surface area (Å²) in [7, 11) is 0. The zero-order chi connectivity index (χ0) is 20.4. The van der Waals surface area contributed by atoms with Crippen LogP contribution in [-0.2, 0) is 0 Å². The smallest absolute Gasteiger partial charge is 0.274 e. The number of benzene rings is 1. The average Bonchev–Trinajstić information content (AvgIpc) is 3.34. The van der Waals surface area contributed by atoms with Crippen molar-refractivity contribution in [3.63, 3.8) is 0 Å². The van der Waals surface area contributed by atoms with E-state index in [1.54, 1.807) is 30.6 Å². The molecule has 1 atom stereocenters. The Kier molecular flexibility index (Phi) is 5.86. The van der Waals surface area contributed by atoms with Gasteiger partial charge in [-0.15, -0.1) is 11.3 Å². The van der Waals surface area contributed by atoms with Gasteiger partial charge in [0.1, 0.15) is 11.5 Å². The molecule has 1 amide bonds. The van der Waals surface area contributed by atoms with Crippen molar-refractivity contribution in [1.82, 2.24) is 19.9 Å². The van der Waals surface area contributed by atoms with Gasteiger partial charge in [-0.3, -0.25) is 4.79 Å². The second-order valence-corrected chi connectivity index (χ2v) is 8.91. The van der Waals surface area contributed by atoms with Gasteiger partial charge in [-0.05, 0) is 41.8 Å². The van der Waals surface area contributed by atoms with Gasteiger partial charge in [0, 0.05) is 37.1 Å². The third kappa shape index (κ3) is 4.30. The summed E-state index contributed by atoms with van der Waals surface area (Å²) in [6, 6.07) is 6.50. The summed E-state index contributed by atoms with van der Waals surface area (Å²) >= 11 is 4.65. The van der Waals surface area contributed by atoms with E-state index in [9.17, 15) is 9.18 Å². The maximum atomic E-state index is 14.3. The van der Waals surface area contributed by atoms with Gasteiger partial charge >= 0.3 is 0 Å². The van der Waals surface area contributed by atoms with E-state index < -0.39 is 0 Å². The predicted molar refractivity (Wildman–Crippen MR) is 115 cm³/mol. The molecule has 9 heteroatoms. The highest BCUT2D eigenvalue weighted by atomic mass is 79.9. The van der Waals surface area contributed by atoms with Crippen LogP contribution < -0.4 is 5.32 Å². The number of nitrogens with zero attached hydrogens (tertiary/aromatic N) is 4. The molecule has 3 heterocycles. The van der Waals surface area contributed by atoms with Crippen molar-refractivity contribution in [2.75, 3.05) is 18.4 Å². The van der Waals surface area contributed by atoms with Gasteiger partial charge in [0.25, 0.3) is 5.91 Å². The predicted octanol–water partition coefficient (Wildman–Crippen LogP) is 4.53. The summed E-state index contributed by atoms with van der Waals surface area (Å²) in [6.07, 6.45) is 5.14. The number of hydrogen-bond acceptors (Lipinski definition) is 6. The number of nitrogens with one attached hydrogen (secondary N) is 1. The molecule has 3 aromatic rings. The van der Waals surface area contributed by atoms with Crippen molar-refractivity contribution in [1.29, 1.82) is 0 Å². The van der Waals surface area contributed by atoms with Gasteiger partial charge in [0.05, 0.1) is 14.4 Å². The lowest BCUT2D eigenvalue weighted by molar-refractivity contribution is 0.0739. The van der Waals surface area contributed by atoms with Crippen molar-refractivity contribution >= 4 is 39.1 Å². The van der Waals surface area contributed by atoms with E-state index >= 15 is 0 Å². The Bertz CT molecular complexity index is 1030. The second-order valence-electron chi connectivity index (χ2n) is 6.79. The Labute approximate surface area is 180 Å². The molecule has 1 N–H and O–H groups in total. The first-order valence-electron chi connectivity index (χ1n) is 9.27. The molecule has 1 saturated heterocycles. The number of likely N-dealkylation sites (tertiary alicyclic amines) is 1. The van der Waals surface area contributed by atoms with Crippen LogP contribution in [0.4, 0.5) is 10.3 Å². The first-order valence-corrected chi connectivity index (χ1v) is 10.9. The van der Waals surface area contributed by atoms with Crippen LogP contribution in [0.15, 0.2) is 41.1 Å². The van der Waals surface area contributed by atoms with Crippen molar-refractivity contribution in [3.8, 4) is 10.4 Å². The van der Waals surface area contributed by atoms with E-state index in [0.717, 1.165) is 22.3 Å². The molecule has 0 saturated carbocycles. The molecule has 4 rings (SSSR count). The summed E-state index contributed by atoms with van der Waals surface area (Å²) in [5, 5.41) is 3.94. The number of thiazole rings is 1. The van der Waals surface area contributed by atoms with E-state index in [2.05, 4.69) is 36.2 Å². The summed E-state index contributed by atoms with van der Waals surface area (Å²) in [6.45, 7) is 3.03. The number of aromatic nitrogens is 3. The lowest BCUT2D eigenvalue weighted by atomic mass is 10.1. The van der Waals surface area contributed by atoms with E-state index in [1.165, 1.54) is 17.4 Å². The summed E-state index contributed by atoms with van der Waals surface area (Å²) in [5.74, 6) is 0.00917. The fourth-order valence-electron chi connectivity index (χ4n) is 3.46. The highest BCUT2D eigenvalue weighted by molar-refractivity contribution is 9.10. The highest BCUT2D eigenvalue weighted by Crippen LogP contribution is 2.34. The first kappa shape index (κ1) is 19.9. The van der Waals surface area contributed by atoms with Gasteiger partial charge in [-0.2, -0.15) is 0 Å². The fraction of sp³-hybridized carbons (Fsp3) is 0.300. The third-order valence-corrected chi connectivity index (χ3v) is 6.22. The van der Waals surface area contributed by atoms with E-state index in [1.807, 2.05) is 11.8 Å². The number of amides is 1. The van der Waals surface area contributed by atoms with Gasteiger partial charge < -0.3 is 10.2 Å². The van der Waals surface area contributed by atoms with Crippen LogP contribution in [0.5, 0.6) is 0 Å². The van der Waals surface area contributed by atoms with Gasteiger partial charge in [-0.1, -0.05) is 18.2 Å². The molecular formula is C20H19BrFN5OS. The molecule has 0 aliphatic carbocycles. The van der Waals surface area contributed by atoms with Crippen molar-refractivity contribution < 1.29 is 9.18 Å². The lowest BCUT2D eigenvalue weighted by Gasteiger charge is -2.24. The second kappa shape index (κ2) is 8.54. The Hall–Kier alpha value is -2.39. The molecule has 1 aliphatic heterocycles. The van der Waals surface area contributed by atoms with Crippen molar-refractivity contribution in [2.24, 2.45) is 0 Å². The number of halogens is 2. The minimum atomic E-state index is -0.350. The standard InChI is InChI=1S/C20H19BrFN5OS/c1-12-26-17(18(29-12)15-6-2-3-7-16(15)22)19(28)27-8-4-5-14(27)11-25-20-23-9-13(21)10-24-20/h2-3,6-7,9-10,14H,4-5,8,11H2,1H3,(H,23,24,25). The van der Waals surface area contributed by atoms with Crippen LogP contribution in [0.1, 0.15) is 28.3 Å². The van der Waals surface area contributed by atoms with Crippen LogP contribution in [0.25, 0.3) is 10.4 Å². The average molecular weight is 476 g/mol. The number of carbonyl (C=O) groups excluding carboxylic acids is 1. The molecule has 0 spiro atoms. The number of anilines is 1. The summed E-state index contributed by atoms with van der Waals surface area (Å²) < 4.78 is 15.2. The topological polar surface area (TPSA) is 71.0 Å². The molecule has 1 unspecified atom stereocenters. The fourth-order valence-corrected chi connectivity index (χ4v) is 4.61. The minimum absolute atomic E-state index is 0.00484. The van der Waals surface area contributed by atoms with Crippen molar-refractivity contribution in [2.45, 2.75) is 25.8 Å². The maximum Gasteiger partial charge on any atom is 0.274 e. The van der Waals surface area contributed by atoms with Gasteiger partial charge in [0.15, 0.2) is 0 Å². The van der Waals surface area contributed by atoms with Crippen LogP contribution in [0.3, 0.4) is 0 Å². The summed E-state index contributed by atoms with van der Waals surface area (Å²) in [5.41, 5.74) is 0.739. The normalized spacial score (nSPS) is 16.2. The molecule has 0 bridgehead atoms. The zero-order valence-electron chi connectivity index (χ0n) is 15.7. The molecule has 29 heavy (non-hydrogen) atoms. The van der Waals surface area contributed by atoms with E-state index in [4.69, 9.17) is 0 Å². The lowest BCUT2D eigenvalue weighted by Crippen LogP contribution is -2.40. The minimum Gasteiger partial charge on any atom is -0.352 e. The van der Waals surface area contributed by atoms with Crippen LogP contribution in [0, 0.1) is 12.7 Å². The SMILES string of the molecule is Cc1nc(C(=O)N2CCCC2CNc2ncc(Br)cn2)c(-c2ccccc2F)s1. The van der Waals surface area contributed by atoms with E-state index in [0.29, 0.717) is 35.2 Å². The first-order chi connectivity index (χ1) is 14.0. The maximum absolute atomic E-state index is 14.3. The van der Waals surface area contributed by atoms with Crippen LogP contribution >= 0.6 is 27.3 Å². The molecular weight excluding hydrogens is 457 g/mol. The zero-order valence-corrected chi connectivity index (χ0v) is 18.1. The van der Waals surface area contributed by atoms with Crippen LogP contribution in [-0.4, -0.2) is 44.9 Å². The third-order valence-electron chi connectivity index (χ3n) is 4.81. The number of rotatable bonds is 5. The Morgan fingerprint density at radius 2 is 2.10 bits per heavy atom. The van der Waals surface area contributed by atoms with Gasteiger partial charge in [-0.25, -0.2) is 19.3 Å². The van der Waals surface area contributed by atoms with E-state index in [-0.39, 0.29) is 17.8 Å². The quantitative estimate of drug-likeness (QED) is 0.586. The number of carbonyl (C=O) groups is 1. The molecule has 6 nitrogen and oxygen atoms in total. The largest absolute Gasteiger partial charge is 0.352 e. The Morgan fingerprint density at radius 3 is 2.86 bits per heavy atom. The molecule has 1 fully saturated rings. The Morgan fingerprint density at radius 1 is 1.34 bits per heavy atom. The van der Waals surface area contributed by atoms with Crippen molar-refractivity contribution in [3.05, 3.63) is 57.7 Å². The molecule has 1 aromatic carbocycles. The molecule has 0 radical (unpaired) electrons. The molecule has 150 valence electrons. The van der Waals surface area contributed by atoms with Gasteiger partial charge in [0.2, 0.25) is 5.95 Å². The monoisotopic (exact) mass is 475 g/mol.